The summed E-state index contributed by atoms with van der Waals surface area (Å²) in [5.41, 5.74) is 0.529. The molecule has 0 spiro atoms. The van der Waals surface area contributed by atoms with Crippen LogP contribution in [0.25, 0.3) is 0 Å². The molecule has 1 aliphatic heterocycles. The molecule has 4 nitrogen and oxygen atoms in total. The van der Waals surface area contributed by atoms with Gasteiger partial charge in [-0.25, -0.2) is 4.79 Å². The Hall–Kier alpha value is -1.84. The van der Waals surface area contributed by atoms with Crippen LogP contribution in [0, 0.1) is 0 Å². The lowest BCUT2D eigenvalue weighted by atomic mass is 10.1. The molecule has 1 rings (SSSR count). The first-order valence-corrected chi connectivity index (χ1v) is 4.69. The number of nitrogens with one attached hydrogen (secondary N) is 1. The number of allylic oxidation sites excluding steroid dienone is 3. The fourth-order valence-corrected chi connectivity index (χ4v) is 1.20. The summed E-state index contributed by atoms with van der Waals surface area (Å²) < 4.78 is 4.80. The third kappa shape index (κ3) is 2.80. The summed E-state index contributed by atoms with van der Waals surface area (Å²) in [6.45, 7) is 3.29. The predicted octanol–water partition coefficient (Wildman–Crippen LogP) is 1.07. The minimum absolute atomic E-state index is 0.0532. The highest BCUT2D eigenvalue weighted by atomic mass is 16.5. The Morgan fingerprint density at radius 1 is 1.40 bits per heavy atom. The quantitative estimate of drug-likeness (QED) is 0.325. The van der Waals surface area contributed by atoms with E-state index in [4.69, 9.17) is 4.74 Å². The molecule has 1 aliphatic rings. The van der Waals surface area contributed by atoms with Crippen molar-refractivity contribution in [3.63, 3.8) is 0 Å². The summed E-state index contributed by atoms with van der Waals surface area (Å²) in [5.74, 6) is -0.900. The number of hydrogen-bond acceptors (Lipinski definition) is 4. The van der Waals surface area contributed by atoms with E-state index in [2.05, 4.69) is 5.32 Å². The van der Waals surface area contributed by atoms with E-state index in [0.717, 1.165) is 0 Å². The number of carbonyl (C=O) groups is 2. The molecule has 0 atom stereocenters. The first-order chi connectivity index (χ1) is 7.16. The van der Waals surface area contributed by atoms with E-state index in [0.29, 0.717) is 5.70 Å². The minimum Gasteiger partial charge on any atom is -0.462 e. The molecule has 15 heavy (non-hydrogen) atoms. The van der Waals surface area contributed by atoms with Crippen LogP contribution in [0.3, 0.4) is 0 Å². The van der Waals surface area contributed by atoms with Gasteiger partial charge in [-0.15, -0.1) is 0 Å². The number of ether oxygens (including phenoxy) is 1. The lowest BCUT2D eigenvalue weighted by molar-refractivity contribution is -0.139. The number of dihydropyridines is 1. The number of hydrogen-bond donors (Lipinski definition) is 1. The number of esters is 1. The van der Waals surface area contributed by atoms with Crippen molar-refractivity contribution >= 4 is 11.8 Å². The van der Waals surface area contributed by atoms with Crippen LogP contribution in [0.1, 0.15) is 13.8 Å². The molecule has 0 amide bonds. The van der Waals surface area contributed by atoms with E-state index < -0.39 is 5.97 Å². The highest BCUT2D eigenvalue weighted by Crippen LogP contribution is 2.10. The van der Waals surface area contributed by atoms with Crippen LogP contribution in [0.2, 0.25) is 0 Å². The van der Waals surface area contributed by atoms with Gasteiger partial charge in [0, 0.05) is 6.20 Å². The van der Waals surface area contributed by atoms with Gasteiger partial charge in [0.25, 0.3) is 0 Å². The Bertz CT molecular complexity index is 364. The fraction of sp³-hybridized carbons (Fsp3) is 0.273. The molecule has 0 fully saturated rings. The molecule has 0 aromatic heterocycles. The second-order valence-corrected chi connectivity index (χ2v) is 2.93. The average Bonchev–Trinajstić information content (AvgIpc) is 2.19. The van der Waals surface area contributed by atoms with Gasteiger partial charge < -0.3 is 10.1 Å². The zero-order valence-corrected chi connectivity index (χ0v) is 8.74. The van der Waals surface area contributed by atoms with E-state index >= 15 is 0 Å². The van der Waals surface area contributed by atoms with Gasteiger partial charge in [0.2, 0.25) is 0 Å². The van der Waals surface area contributed by atoms with E-state index in [1.165, 1.54) is 6.92 Å². The lowest BCUT2D eigenvalue weighted by Gasteiger charge is -2.10. The molecule has 0 saturated carbocycles. The molecule has 1 N–H and O–H groups in total. The number of ketones is 1. The molecule has 0 bridgehead atoms. The minimum atomic E-state index is -0.590. The van der Waals surface area contributed by atoms with Crippen molar-refractivity contribution in [1.29, 1.82) is 0 Å². The molecule has 4 heteroatoms. The van der Waals surface area contributed by atoms with Crippen LogP contribution in [0.4, 0.5) is 0 Å². The van der Waals surface area contributed by atoms with Crippen LogP contribution in [0.5, 0.6) is 0 Å². The largest absolute Gasteiger partial charge is 0.462 e. The van der Waals surface area contributed by atoms with Gasteiger partial charge >= 0.3 is 5.97 Å². The maximum absolute atomic E-state index is 11.5. The van der Waals surface area contributed by atoms with Gasteiger partial charge in [-0.3, -0.25) is 4.79 Å². The second kappa shape index (κ2) is 5.14. The van der Waals surface area contributed by atoms with Crippen LogP contribution < -0.4 is 5.32 Å². The van der Waals surface area contributed by atoms with Crippen molar-refractivity contribution in [2.75, 3.05) is 6.61 Å². The molecule has 0 aromatic carbocycles. The Morgan fingerprint density at radius 3 is 2.60 bits per heavy atom. The third-order valence-electron chi connectivity index (χ3n) is 1.81. The molecule has 0 saturated heterocycles. The second-order valence-electron chi connectivity index (χ2n) is 2.93. The molecule has 0 radical (unpaired) electrons. The Morgan fingerprint density at radius 2 is 2.13 bits per heavy atom. The molecule has 0 aliphatic carbocycles. The monoisotopic (exact) mass is 207 g/mol. The van der Waals surface area contributed by atoms with E-state index in [9.17, 15) is 9.59 Å². The topological polar surface area (TPSA) is 55.4 Å². The third-order valence-corrected chi connectivity index (χ3v) is 1.81. The Kier molecular flexibility index (Phi) is 3.85. The van der Waals surface area contributed by atoms with Crippen molar-refractivity contribution in [2.45, 2.75) is 13.8 Å². The molecular weight excluding hydrogens is 194 g/mol. The number of carbonyl (C=O) groups excluding carboxylic acids is 2. The van der Waals surface area contributed by atoms with Crippen LogP contribution >= 0.6 is 0 Å². The average molecular weight is 207 g/mol. The predicted molar refractivity (Wildman–Crippen MR) is 55.8 cm³/mol. The maximum Gasteiger partial charge on any atom is 0.343 e. The van der Waals surface area contributed by atoms with E-state index in [1.54, 1.807) is 31.4 Å². The summed E-state index contributed by atoms with van der Waals surface area (Å²) >= 11 is 0. The molecule has 1 heterocycles. The maximum atomic E-state index is 11.5. The van der Waals surface area contributed by atoms with E-state index in [-0.39, 0.29) is 18.0 Å². The summed E-state index contributed by atoms with van der Waals surface area (Å²) in [4.78, 5) is 22.8. The van der Waals surface area contributed by atoms with Gasteiger partial charge in [-0.05, 0) is 26.0 Å². The van der Waals surface area contributed by atoms with E-state index in [1.807, 2.05) is 0 Å². The zero-order valence-electron chi connectivity index (χ0n) is 8.74. The van der Waals surface area contributed by atoms with Crippen LogP contribution in [-0.2, 0) is 14.3 Å². The highest BCUT2D eigenvalue weighted by molar-refractivity contribution is 6.17. The fourth-order valence-electron chi connectivity index (χ4n) is 1.20. The first-order valence-electron chi connectivity index (χ1n) is 4.69. The van der Waals surface area contributed by atoms with Crippen LogP contribution in [0.15, 0.2) is 35.7 Å². The standard InChI is InChI=1S/C11H13NO3/c1-3-15-11(14)10(8(2)13)9-6-4-5-7-12-9/h4-7,12H,3H2,1-2H3/b10-9-. The summed E-state index contributed by atoms with van der Waals surface area (Å²) in [5, 5.41) is 2.83. The number of Topliss-reactive ketones (excluding diaryl/α,β-unsaturated/α-hetero) is 1. The molecular formula is C11H13NO3. The summed E-state index contributed by atoms with van der Waals surface area (Å²) in [7, 11) is 0. The molecule has 0 unspecified atom stereocenters. The van der Waals surface area contributed by atoms with Crippen molar-refractivity contribution < 1.29 is 14.3 Å². The van der Waals surface area contributed by atoms with Crippen molar-refractivity contribution in [3.8, 4) is 0 Å². The first kappa shape index (κ1) is 11.2. The van der Waals surface area contributed by atoms with Gasteiger partial charge in [0.1, 0.15) is 5.57 Å². The van der Waals surface area contributed by atoms with Crippen LogP contribution in [-0.4, -0.2) is 18.4 Å². The Balaban J connectivity index is 3.01. The van der Waals surface area contributed by atoms with Gasteiger partial charge in [0.15, 0.2) is 5.78 Å². The lowest BCUT2D eigenvalue weighted by Crippen LogP contribution is -2.20. The Labute approximate surface area is 88.3 Å². The smallest absolute Gasteiger partial charge is 0.343 e. The van der Waals surface area contributed by atoms with Crippen molar-refractivity contribution in [3.05, 3.63) is 35.7 Å². The zero-order chi connectivity index (χ0) is 11.3. The summed E-state index contributed by atoms with van der Waals surface area (Å²) in [6, 6.07) is 0. The summed E-state index contributed by atoms with van der Waals surface area (Å²) in [6.07, 6.45) is 6.82. The molecule has 80 valence electrons. The van der Waals surface area contributed by atoms with Gasteiger partial charge in [-0.2, -0.15) is 0 Å². The normalized spacial score (nSPS) is 16.9. The SMILES string of the molecule is CCOC(=O)/C(C(C)=O)=C1/C=CC=CN1. The van der Waals surface area contributed by atoms with Gasteiger partial charge in [0.05, 0.1) is 12.3 Å². The van der Waals surface area contributed by atoms with Crippen molar-refractivity contribution in [1.82, 2.24) is 5.32 Å². The molecule has 0 aromatic rings. The highest BCUT2D eigenvalue weighted by Gasteiger charge is 2.20. The van der Waals surface area contributed by atoms with Gasteiger partial charge in [-0.1, -0.05) is 6.08 Å². The van der Waals surface area contributed by atoms with Crippen molar-refractivity contribution in [2.24, 2.45) is 0 Å². The number of rotatable bonds is 3.